The summed E-state index contributed by atoms with van der Waals surface area (Å²) in [5.74, 6) is 1.65. The summed E-state index contributed by atoms with van der Waals surface area (Å²) in [5, 5.41) is 11.3. The second-order valence-corrected chi connectivity index (χ2v) is 11.9. The fourth-order valence-electron chi connectivity index (χ4n) is 5.75. The SMILES string of the molecule is C/C=C1/C=CC(O)N(C2C(=O)c3ccccc3OC2(C)C)C1=NC(=Nc1ccc(N2CCN(C)CC2)cc1)C(C)CC. The minimum Gasteiger partial charge on any atom is -0.484 e. The molecule has 3 atom stereocenters. The molecule has 2 aromatic rings. The molecule has 0 bridgehead atoms. The highest BCUT2D eigenvalue weighted by molar-refractivity contribution is 6.13. The number of allylic oxidation sites excluding steroid dienone is 1. The maximum Gasteiger partial charge on any atom is 0.193 e. The third-order valence-electron chi connectivity index (χ3n) is 8.49. The number of Topliss-reactive ketones (excluding diaryl/α,β-unsaturated/α-hetero) is 1. The fourth-order valence-corrected chi connectivity index (χ4v) is 5.75. The minimum absolute atomic E-state index is 0.0462. The Morgan fingerprint density at radius 3 is 2.48 bits per heavy atom. The van der Waals surface area contributed by atoms with Crippen molar-refractivity contribution in [2.75, 3.05) is 38.1 Å². The van der Waals surface area contributed by atoms with Crippen LogP contribution in [0.15, 0.2) is 82.3 Å². The molecule has 1 fully saturated rings. The number of hydrogen-bond acceptors (Lipinski definition) is 6. The van der Waals surface area contributed by atoms with Crippen LogP contribution in [0.2, 0.25) is 0 Å². The van der Waals surface area contributed by atoms with Gasteiger partial charge >= 0.3 is 0 Å². The Balaban J connectivity index is 1.54. The molecule has 222 valence electrons. The van der Waals surface area contributed by atoms with E-state index < -0.39 is 17.9 Å². The summed E-state index contributed by atoms with van der Waals surface area (Å²) < 4.78 is 6.35. The summed E-state index contributed by atoms with van der Waals surface area (Å²) in [6, 6.07) is 14.8. The molecule has 3 aliphatic rings. The predicted molar refractivity (Wildman–Crippen MR) is 170 cm³/mol. The first kappa shape index (κ1) is 29.7. The van der Waals surface area contributed by atoms with Crippen molar-refractivity contribution < 1.29 is 14.6 Å². The number of likely N-dealkylation sites (N-methyl/N-ethyl adjacent to an activating group) is 1. The number of aliphatic hydroxyl groups excluding tert-OH is 1. The number of nitrogens with zero attached hydrogens (tertiary/aromatic N) is 5. The first-order chi connectivity index (χ1) is 20.1. The Hall–Kier alpha value is -3.75. The Kier molecular flexibility index (Phi) is 8.66. The largest absolute Gasteiger partial charge is 0.484 e. The molecule has 0 radical (unpaired) electrons. The van der Waals surface area contributed by atoms with Crippen LogP contribution in [0, 0.1) is 5.92 Å². The molecule has 2 aromatic carbocycles. The third kappa shape index (κ3) is 5.92. The molecule has 1 saturated heterocycles. The van der Waals surface area contributed by atoms with Crippen LogP contribution in [0.1, 0.15) is 51.4 Å². The summed E-state index contributed by atoms with van der Waals surface area (Å²) in [6.45, 7) is 14.0. The lowest BCUT2D eigenvalue weighted by Gasteiger charge is -2.47. The number of benzene rings is 2. The minimum atomic E-state index is -1.06. The maximum atomic E-state index is 14.0. The van der Waals surface area contributed by atoms with Gasteiger partial charge in [0.05, 0.1) is 11.3 Å². The number of carbonyl (C=O) groups excluding carboxylic acids is 1. The van der Waals surface area contributed by atoms with Crippen molar-refractivity contribution in [1.82, 2.24) is 9.80 Å². The van der Waals surface area contributed by atoms with E-state index in [2.05, 4.69) is 42.8 Å². The number of anilines is 1. The van der Waals surface area contributed by atoms with E-state index in [-0.39, 0.29) is 11.7 Å². The molecule has 0 saturated carbocycles. The van der Waals surface area contributed by atoms with Gasteiger partial charge in [0.25, 0.3) is 0 Å². The monoisotopic (exact) mass is 569 g/mol. The number of ether oxygens (including phenoxy) is 1. The van der Waals surface area contributed by atoms with Gasteiger partial charge in [-0.2, -0.15) is 0 Å². The predicted octanol–water partition coefficient (Wildman–Crippen LogP) is 5.47. The summed E-state index contributed by atoms with van der Waals surface area (Å²) in [4.78, 5) is 30.6. The molecule has 0 aliphatic carbocycles. The van der Waals surface area contributed by atoms with Crippen molar-refractivity contribution in [3.63, 3.8) is 0 Å². The van der Waals surface area contributed by atoms with E-state index in [1.165, 1.54) is 5.69 Å². The van der Waals surface area contributed by atoms with Crippen molar-refractivity contribution in [2.24, 2.45) is 15.9 Å². The van der Waals surface area contributed by atoms with Gasteiger partial charge < -0.3 is 24.5 Å². The van der Waals surface area contributed by atoms with Gasteiger partial charge in [-0.15, -0.1) is 0 Å². The number of rotatable bonds is 5. The van der Waals surface area contributed by atoms with E-state index in [0.717, 1.165) is 43.9 Å². The van der Waals surface area contributed by atoms with Crippen LogP contribution < -0.4 is 9.64 Å². The molecular weight excluding hydrogens is 526 g/mol. The number of amidine groups is 2. The van der Waals surface area contributed by atoms with Gasteiger partial charge in [-0.05, 0) is 76.7 Å². The van der Waals surface area contributed by atoms with E-state index in [4.69, 9.17) is 14.7 Å². The fraction of sp³-hybridized carbons (Fsp3) is 0.441. The number of aliphatic hydroxyl groups is 1. The Labute approximate surface area is 249 Å². The van der Waals surface area contributed by atoms with Gasteiger partial charge in [0.1, 0.15) is 35.3 Å². The zero-order valence-corrected chi connectivity index (χ0v) is 25.6. The van der Waals surface area contributed by atoms with Crippen LogP contribution in [0.25, 0.3) is 0 Å². The molecule has 0 aromatic heterocycles. The summed E-state index contributed by atoms with van der Waals surface area (Å²) in [5.41, 5.74) is 2.40. The standard InChI is InChI=1S/C34H43N5O3/c1-7-23(3)32(35-25-14-16-26(17-15-25)38-21-19-37(6)20-22-38)36-33-24(8-2)13-18-29(40)39(33)31-30(41)27-11-9-10-12-28(27)42-34(31,4)5/h8-18,23,29,31,40H,7,19-22H2,1-6H3/b24-8-,35-32?,36-33?. The molecule has 8 nitrogen and oxygen atoms in total. The highest BCUT2D eigenvalue weighted by atomic mass is 16.5. The van der Waals surface area contributed by atoms with Crippen LogP contribution in [-0.4, -0.2) is 83.5 Å². The van der Waals surface area contributed by atoms with E-state index in [9.17, 15) is 9.90 Å². The zero-order valence-electron chi connectivity index (χ0n) is 25.6. The Bertz CT molecular complexity index is 1420. The molecule has 3 heterocycles. The first-order valence-corrected chi connectivity index (χ1v) is 15.0. The highest BCUT2D eigenvalue weighted by Gasteiger charge is 2.50. The van der Waals surface area contributed by atoms with Gasteiger partial charge in [-0.1, -0.05) is 38.1 Å². The van der Waals surface area contributed by atoms with Gasteiger partial charge in [0.2, 0.25) is 0 Å². The highest BCUT2D eigenvalue weighted by Crippen LogP contribution is 2.38. The molecule has 3 aliphatic heterocycles. The molecule has 3 unspecified atom stereocenters. The number of carbonyl (C=O) groups is 1. The summed E-state index contributed by atoms with van der Waals surface area (Å²) in [7, 11) is 2.16. The second kappa shape index (κ2) is 12.2. The van der Waals surface area contributed by atoms with Gasteiger partial charge in [0, 0.05) is 43.4 Å². The van der Waals surface area contributed by atoms with Gasteiger partial charge in [0.15, 0.2) is 5.78 Å². The average Bonchev–Trinajstić information content (AvgIpc) is 2.98. The Morgan fingerprint density at radius 2 is 1.81 bits per heavy atom. The van der Waals surface area contributed by atoms with Gasteiger partial charge in [-0.3, -0.25) is 4.79 Å². The molecule has 1 N–H and O–H groups in total. The van der Waals surface area contributed by atoms with Crippen molar-refractivity contribution >= 4 is 28.8 Å². The number of ketones is 1. The third-order valence-corrected chi connectivity index (χ3v) is 8.49. The number of para-hydroxylation sites is 1. The zero-order chi connectivity index (χ0) is 30.0. The summed E-state index contributed by atoms with van der Waals surface area (Å²) >= 11 is 0. The van der Waals surface area contributed by atoms with Crippen molar-refractivity contribution in [1.29, 1.82) is 0 Å². The number of fused-ring (bicyclic) bond motifs is 1. The molecule has 8 heteroatoms. The smallest absolute Gasteiger partial charge is 0.193 e. The van der Waals surface area contributed by atoms with Crippen LogP contribution in [0.4, 0.5) is 11.4 Å². The lowest BCUT2D eigenvalue weighted by Crippen LogP contribution is -2.64. The van der Waals surface area contributed by atoms with Crippen LogP contribution in [0.3, 0.4) is 0 Å². The van der Waals surface area contributed by atoms with Gasteiger partial charge in [-0.25, -0.2) is 9.98 Å². The van der Waals surface area contributed by atoms with Crippen LogP contribution in [0.5, 0.6) is 5.75 Å². The second-order valence-electron chi connectivity index (χ2n) is 11.9. The first-order valence-electron chi connectivity index (χ1n) is 15.0. The molecule has 0 spiro atoms. The number of aliphatic imine (C=N–C) groups is 2. The molecular formula is C34H43N5O3. The van der Waals surface area contributed by atoms with E-state index in [1.54, 1.807) is 17.0 Å². The number of hydrogen-bond donors (Lipinski definition) is 1. The summed E-state index contributed by atoms with van der Waals surface area (Å²) in [6.07, 6.45) is 5.27. The normalized spacial score (nSPS) is 25.5. The lowest BCUT2D eigenvalue weighted by molar-refractivity contribution is -0.0239. The Morgan fingerprint density at radius 1 is 1.12 bits per heavy atom. The quantitative estimate of drug-likeness (QED) is 0.380. The maximum absolute atomic E-state index is 14.0. The van der Waals surface area contributed by atoms with Crippen molar-refractivity contribution in [2.45, 2.75) is 58.9 Å². The average molecular weight is 570 g/mol. The van der Waals surface area contributed by atoms with Crippen molar-refractivity contribution in [3.8, 4) is 5.75 Å². The van der Waals surface area contributed by atoms with Crippen LogP contribution >= 0.6 is 0 Å². The van der Waals surface area contributed by atoms with Crippen LogP contribution in [-0.2, 0) is 0 Å². The van der Waals surface area contributed by atoms with E-state index in [0.29, 0.717) is 23.0 Å². The number of piperazine rings is 1. The van der Waals surface area contributed by atoms with E-state index in [1.807, 2.05) is 63.3 Å². The molecule has 5 rings (SSSR count). The van der Waals surface area contributed by atoms with Crippen molar-refractivity contribution in [3.05, 3.63) is 77.9 Å². The van der Waals surface area contributed by atoms with E-state index >= 15 is 0 Å². The molecule has 0 amide bonds. The topological polar surface area (TPSA) is 81.0 Å². The lowest BCUT2D eigenvalue weighted by atomic mass is 9.85. The molecule has 42 heavy (non-hydrogen) atoms.